The van der Waals surface area contributed by atoms with E-state index in [2.05, 4.69) is 28.8 Å². The summed E-state index contributed by atoms with van der Waals surface area (Å²) in [6.07, 6.45) is 1.65. The van der Waals surface area contributed by atoms with Crippen LogP contribution < -0.4 is 10.0 Å². The van der Waals surface area contributed by atoms with Crippen LogP contribution in [0.1, 0.15) is 26.5 Å². The molecule has 0 saturated carbocycles. The smallest absolute Gasteiger partial charge is 0.242 e. The lowest BCUT2D eigenvalue weighted by Crippen LogP contribution is -2.41. The van der Waals surface area contributed by atoms with Crippen molar-refractivity contribution in [3.63, 3.8) is 0 Å². The van der Waals surface area contributed by atoms with E-state index in [0.29, 0.717) is 18.0 Å². The number of aryl methyl sites for hydroxylation is 1. The maximum absolute atomic E-state index is 12.4. The minimum absolute atomic E-state index is 0.122. The van der Waals surface area contributed by atoms with E-state index < -0.39 is 10.0 Å². The molecule has 0 spiro atoms. The Balaban J connectivity index is 2.79. The molecular weight excluding hydrogens is 288 g/mol. The van der Waals surface area contributed by atoms with Crippen molar-refractivity contribution in [1.29, 1.82) is 0 Å². The Morgan fingerprint density at radius 2 is 1.95 bits per heavy atom. The molecule has 0 aliphatic heterocycles. The molecule has 0 aromatic carbocycles. The van der Waals surface area contributed by atoms with Crippen LogP contribution in [-0.2, 0) is 23.6 Å². The number of aromatic nitrogens is 1. The van der Waals surface area contributed by atoms with Crippen LogP contribution in [0.15, 0.2) is 17.2 Å². The molecule has 2 N–H and O–H groups in total. The molecule has 122 valence electrons. The zero-order valence-corrected chi connectivity index (χ0v) is 14.5. The van der Waals surface area contributed by atoms with Gasteiger partial charge in [-0.05, 0) is 33.1 Å². The van der Waals surface area contributed by atoms with E-state index in [1.165, 1.54) is 0 Å². The second kappa shape index (κ2) is 7.93. The van der Waals surface area contributed by atoms with Crippen LogP contribution in [0.2, 0.25) is 0 Å². The fourth-order valence-corrected chi connectivity index (χ4v) is 3.65. The largest absolute Gasteiger partial charge is 0.352 e. The van der Waals surface area contributed by atoms with Gasteiger partial charge in [0.25, 0.3) is 0 Å². The molecule has 1 aromatic heterocycles. The molecule has 21 heavy (non-hydrogen) atoms. The topological polar surface area (TPSA) is 66.4 Å². The number of sulfonamides is 1. The van der Waals surface area contributed by atoms with Gasteiger partial charge in [0, 0.05) is 38.1 Å². The standard InChI is InChI=1S/C14H28N4O2S/c1-6-18(7-2)10-12(3)16-21(19,20)14-8-13(9-15-4)17(5)11-14/h8,11-12,15-16H,6-7,9-10H2,1-5H3. The summed E-state index contributed by atoms with van der Waals surface area (Å²) < 4.78 is 29.4. The second-order valence-corrected chi connectivity index (χ2v) is 7.03. The van der Waals surface area contributed by atoms with Crippen molar-refractivity contribution in [3.8, 4) is 0 Å². The van der Waals surface area contributed by atoms with E-state index in [1.807, 2.05) is 25.6 Å². The predicted octanol–water partition coefficient (Wildman–Crippen LogP) is 0.753. The van der Waals surface area contributed by atoms with Crippen LogP contribution >= 0.6 is 0 Å². The Morgan fingerprint density at radius 3 is 2.48 bits per heavy atom. The van der Waals surface area contributed by atoms with Crippen LogP contribution in [-0.4, -0.2) is 50.6 Å². The minimum atomic E-state index is -3.47. The van der Waals surface area contributed by atoms with E-state index in [1.54, 1.807) is 12.3 Å². The van der Waals surface area contributed by atoms with Crippen molar-refractivity contribution in [2.24, 2.45) is 7.05 Å². The van der Waals surface area contributed by atoms with E-state index in [-0.39, 0.29) is 6.04 Å². The van der Waals surface area contributed by atoms with Gasteiger partial charge in [0.1, 0.15) is 0 Å². The van der Waals surface area contributed by atoms with Crippen LogP contribution in [0.5, 0.6) is 0 Å². The fourth-order valence-electron chi connectivity index (χ4n) is 2.32. The lowest BCUT2D eigenvalue weighted by Gasteiger charge is -2.23. The molecule has 0 amide bonds. The normalized spacial score (nSPS) is 13.8. The summed E-state index contributed by atoms with van der Waals surface area (Å²) >= 11 is 0. The number of rotatable bonds is 9. The monoisotopic (exact) mass is 316 g/mol. The number of likely N-dealkylation sites (N-methyl/N-ethyl adjacent to an activating group) is 1. The Labute approximate surface area is 128 Å². The molecule has 1 rings (SSSR count). The summed E-state index contributed by atoms with van der Waals surface area (Å²) in [6, 6.07) is 1.59. The summed E-state index contributed by atoms with van der Waals surface area (Å²) in [6.45, 7) is 9.23. The summed E-state index contributed by atoms with van der Waals surface area (Å²) in [7, 11) is 0.224. The molecule has 7 heteroatoms. The first-order valence-electron chi connectivity index (χ1n) is 7.38. The van der Waals surface area contributed by atoms with Gasteiger partial charge in [-0.1, -0.05) is 13.8 Å². The molecule has 1 aromatic rings. The maximum atomic E-state index is 12.4. The zero-order valence-electron chi connectivity index (χ0n) is 13.7. The van der Waals surface area contributed by atoms with Gasteiger partial charge in [0.2, 0.25) is 10.0 Å². The highest BCUT2D eigenvalue weighted by Crippen LogP contribution is 2.14. The summed E-state index contributed by atoms with van der Waals surface area (Å²) in [4.78, 5) is 2.52. The number of hydrogen-bond donors (Lipinski definition) is 2. The quantitative estimate of drug-likeness (QED) is 0.706. The van der Waals surface area contributed by atoms with Gasteiger partial charge in [-0.25, -0.2) is 13.1 Å². The Kier molecular flexibility index (Phi) is 6.86. The molecular formula is C14H28N4O2S. The van der Waals surface area contributed by atoms with Gasteiger partial charge in [-0.3, -0.25) is 0 Å². The third-order valence-electron chi connectivity index (χ3n) is 3.53. The fraction of sp³-hybridized carbons (Fsp3) is 0.714. The van der Waals surface area contributed by atoms with Gasteiger partial charge >= 0.3 is 0 Å². The molecule has 1 heterocycles. The Bertz CT molecular complexity index is 535. The first-order valence-corrected chi connectivity index (χ1v) is 8.86. The SMILES string of the molecule is CCN(CC)CC(C)NS(=O)(=O)c1cc(CNC)n(C)c1. The van der Waals surface area contributed by atoms with Crippen molar-refractivity contribution in [3.05, 3.63) is 18.0 Å². The molecule has 0 fully saturated rings. The summed E-state index contributed by atoms with van der Waals surface area (Å²) in [5.41, 5.74) is 0.939. The van der Waals surface area contributed by atoms with E-state index >= 15 is 0 Å². The lowest BCUT2D eigenvalue weighted by molar-refractivity contribution is 0.282. The molecule has 1 unspecified atom stereocenters. The lowest BCUT2D eigenvalue weighted by atomic mass is 10.3. The molecule has 0 bridgehead atoms. The number of nitrogens with one attached hydrogen (secondary N) is 2. The predicted molar refractivity (Wildman–Crippen MR) is 85.7 cm³/mol. The van der Waals surface area contributed by atoms with E-state index in [0.717, 1.165) is 18.8 Å². The average Bonchev–Trinajstić information content (AvgIpc) is 2.78. The molecule has 0 radical (unpaired) electrons. The molecule has 0 aliphatic rings. The van der Waals surface area contributed by atoms with Crippen molar-refractivity contribution in [2.75, 3.05) is 26.7 Å². The summed E-state index contributed by atoms with van der Waals surface area (Å²) in [5.74, 6) is 0. The summed E-state index contributed by atoms with van der Waals surface area (Å²) in [5, 5.41) is 3.03. The van der Waals surface area contributed by atoms with Gasteiger partial charge in [-0.15, -0.1) is 0 Å². The molecule has 0 saturated heterocycles. The number of hydrogen-bond acceptors (Lipinski definition) is 4. The minimum Gasteiger partial charge on any atom is -0.352 e. The molecule has 6 nitrogen and oxygen atoms in total. The van der Waals surface area contributed by atoms with Crippen molar-refractivity contribution < 1.29 is 8.42 Å². The van der Waals surface area contributed by atoms with Crippen molar-refractivity contribution >= 4 is 10.0 Å². The zero-order chi connectivity index (χ0) is 16.0. The molecule has 0 aliphatic carbocycles. The van der Waals surface area contributed by atoms with Crippen LogP contribution in [0.4, 0.5) is 0 Å². The first-order chi connectivity index (χ1) is 9.83. The first kappa shape index (κ1) is 18.2. The highest BCUT2D eigenvalue weighted by atomic mass is 32.2. The van der Waals surface area contributed by atoms with Crippen LogP contribution in [0.3, 0.4) is 0 Å². The highest BCUT2D eigenvalue weighted by molar-refractivity contribution is 7.89. The van der Waals surface area contributed by atoms with Gasteiger partial charge in [-0.2, -0.15) is 0 Å². The molecule has 1 atom stereocenters. The second-order valence-electron chi connectivity index (χ2n) is 5.32. The van der Waals surface area contributed by atoms with E-state index in [4.69, 9.17) is 0 Å². The highest BCUT2D eigenvalue weighted by Gasteiger charge is 2.20. The Morgan fingerprint density at radius 1 is 1.33 bits per heavy atom. The van der Waals surface area contributed by atoms with Crippen LogP contribution in [0, 0.1) is 0 Å². The average molecular weight is 316 g/mol. The third kappa shape index (κ3) is 5.10. The van der Waals surface area contributed by atoms with Gasteiger partial charge < -0.3 is 14.8 Å². The van der Waals surface area contributed by atoms with Crippen molar-refractivity contribution in [1.82, 2.24) is 19.5 Å². The van der Waals surface area contributed by atoms with Gasteiger partial charge in [0.05, 0.1) is 4.90 Å². The maximum Gasteiger partial charge on any atom is 0.242 e. The van der Waals surface area contributed by atoms with Crippen molar-refractivity contribution in [2.45, 2.75) is 38.3 Å². The number of nitrogens with zero attached hydrogens (tertiary/aromatic N) is 2. The van der Waals surface area contributed by atoms with Crippen LogP contribution in [0.25, 0.3) is 0 Å². The third-order valence-corrected chi connectivity index (χ3v) is 5.09. The van der Waals surface area contributed by atoms with E-state index in [9.17, 15) is 8.42 Å². The Hall–Kier alpha value is -0.890. The van der Waals surface area contributed by atoms with Gasteiger partial charge in [0.15, 0.2) is 0 Å².